The van der Waals surface area contributed by atoms with Crippen LogP contribution in [0.15, 0.2) is 24.3 Å². The Balaban J connectivity index is 3.35. The van der Waals surface area contributed by atoms with Gasteiger partial charge in [0.2, 0.25) is 0 Å². The summed E-state index contributed by atoms with van der Waals surface area (Å²) in [6.45, 7) is 4.60. The molecule has 0 heterocycles. The minimum absolute atomic E-state index is 0.250. The molecule has 0 fully saturated rings. The molecule has 80 valence electrons. The molecule has 0 N–H and O–H groups in total. The van der Waals surface area contributed by atoms with E-state index in [1.54, 1.807) is 12.2 Å². The zero-order chi connectivity index (χ0) is 10.6. The Bertz CT molecular complexity index is 192. The van der Waals surface area contributed by atoms with Crippen LogP contribution in [0.5, 0.6) is 0 Å². The summed E-state index contributed by atoms with van der Waals surface area (Å²) in [5.74, 6) is -0.250. The first kappa shape index (κ1) is 12.9. The van der Waals surface area contributed by atoms with Gasteiger partial charge in [0.1, 0.15) is 0 Å². The molecule has 0 aromatic rings. The molecule has 14 heavy (non-hydrogen) atoms. The maximum atomic E-state index is 11.0. The molecule has 0 aliphatic rings. The fourth-order valence-corrected chi connectivity index (χ4v) is 0.995. The second-order valence-electron chi connectivity index (χ2n) is 3.11. The van der Waals surface area contributed by atoms with E-state index in [1.807, 2.05) is 13.0 Å². The second-order valence-corrected chi connectivity index (χ2v) is 3.11. The summed E-state index contributed by atoms with van der Waals surface area (Å²) in [4.78, 5) is 11.0. The van der Waals surface area contributed by atoms with Gasteiger partial charge >= 0.3 is 5.97 Å². The van der Waals surface area contributed by atoms with Crippen LogP contribution in [0.4, 0.5) is 0 Å². The van der Waals surface area contributed by atoms with Gasteiger partial charge in [-0.25, -0.2) is 4.79 Å². The van der Waals surface area contributed by atoms with Crippen molar-refractivity contribution in [2.75, 3.05) is 6.61 Å². The highest BCUT2D eigenvalue weighted by molar-refractivity contribution is 5.82. The van der Waals surface area contributed by atoms with Gasteiger partial charge in [-0.05, 0) is 13.3 Å². The maximum Gasteiger partial charge on any atom is 0.330 e. The molecule has 0 radical (unpaired) electrons. The first-order valence-corrected chi connectivity index (χ1v) is 5.27. The van der Waals surface area contributed by atoms with Gasteiger partial charge in [-0.2, -0.15) is 0 Å². The molecular formula is C12H20O2. The molecule has 0 spiro atoms. The Kier molecular flexibility index (Phi) is 9.28. The number of esters is 1. The van der Waals surface area contributed by atoms with E-state index in [9.17, 15) is 4.79 Å². The molecule has 0 aromatic heterocycles. The normalized spacial score (nSPS) is 11.3. The van der Waals surface area contributed by atoms with Crippen molar-refractivity contribution >= 4 is 5.97 Å². The van der Waals surface area contributed by atoms with Gasteiger partial charge in [0.05, 0.1) is 6.61 Å². The summed E-state index contributed by atoms with van der Waals surface area (Å²) in [5, 5.41) is 0. The Morgan fingerprint density at radius 3 is 2.64 bits per heavy atom. The lowest BCUT2D eigenvalue weighted by Crippen LogP contribution is -2.01. The van der Waals surface area contributed by atoms with Crippen molar-refractivity contribution in [2.45, 2.75) is 39.5 Å². The number of ether oxygens (including phenoxy) is 1. The van der Waals surface area contributed by atoms with Crippen molar-refractivity contribution in [3.8, 4) is 0 Å². The Labute approximate surface area is 86.6 Å². The van der Waals surface area contributed by atoms with E-state index < -0.39 is 0 Å². The third-order valence-electron chi connectivity index (χ3n) is 1.78. The third-order valence-corrected chi connectivity index (χ3v) is 1.78. The Morgan fingerprint density at radius 1 is 1.21 bits per heavy atom. The quantitative estimate of drug-likeness (QED) is 0.270. The zero-order valence-corrected chi connectivity index (χ0v) is 9.16. The molecule has 0 bridgehead atoms. The van der Waals surface area contributed by atoms with Crippen molar-refractivity contribution < 1.29 is 9.53 Å². The van der Waals surface area contributed by atoms with Crippen LogP contribution < -0.4 is 0 Å². The van der Waals surface area contributed by atoms with Crippen LogP contribution in [0.1, 0.15) is 39.5 Å². The van der Waals surface area contributed by atoms with Gasteiger partial charge in [0.25, 0.3) is 0 Å². The van der Waals surface area contributed by atoms with Crippen molar-refractivity contribution in [3.05, 3.63) is 24.3 Å². The molecule has 0 aliphatic carbocycles. The fourth-order valence-electron chi connectivity index (χ4n) is 0.995. The summed E-state index contributed by atoms with van der Waals surface area (Å²) < 4.78 is 4.98. The summed E-state index contributed by atoms with van der Waals surface area (Å²) in [6, 6.07) is 0. The van der Waals surface area contributed by atoms with Gasteiger partial charge < -0.3 is 4.74 Å². The van der Waals surface area contributed by atoms with Crippen LogP contribution in [0.2, 0.25) is 0 Å². The lowest BCUT2D eigenvalue weighted by molar-refractivity contribution is -0.137. The van der Waals surface area contributed by atoms with Gasteiger partial charge in [-0.3, -0.25) is 0 Å². The predicted molar refractivity (Wildman–Crippen MR) is 59.1 cm³/mol. The highest BCUT2D eigenvalue weighted by atomic mass is 16.5. The van der Waals surface area contributed by atoms with Crippen LogP contribution in [0.25, 0.3) is 0 Å². The van der Waals surface area contributed by atoms with Crippen molar-refractivity contribution in [3.63, 3.8) is 0 Å². The number of hydrogen-bond donors (Lipinski definition) is 0. The van der Waals surface area contributed by atoms with Crippen LogP contribution in [0.3, 0.4) is 0 Å². The average Bonchev–Trinajstić information content (AvgIpc) is 2.18. The maximum absolute atomic E-state index is 11.0. The molecule has 0 aromatic carbocycles. The molecule has 0 amide bonds. The van der Waals surface area contributed by atoms with Crippen molar-refractivity contribution in [1.29, 1.82) is 0 Å². The van der Waals surface area contributed by atoms with Crippen molar-refractivity contribution in [2.24, 2.45) is 0 Å². The first-order valence-electron chi connectivity index (χ1n) is 5.27. The minimum atomic E-state index is -0.250. The molecule has 0 saturated heterocycles. The molecule has 0 unspecified atom stereocenters. The first-order chi connectivity index (χ1) is 6.81. The molecule has 0 rings (SSSR count). The predicted octanol–water partition coefficient (Wildman–Crippen LogP) is 3.24. The standard InChI is InChI=1S/C12H20O2/c1-3-5-7-9-11-14-12(13)10-8-6-4-2/h4,6,8,10H,3,5,7,9,11H2,1-2H3/b6-4+,10-8+. The molecule has 0 atom stereocenters. The number of unbranched alkanes of at least 4 members (excludes halogenated alkanes) is 3. The summed E-state index contributed by atoms with van der Waals surface area (Å²) >= 11 is 0. The summed E-state index contributed by atoms with van der Waals surface area (Å²) in [6.07, 6.45) is 11.3. The Hall–Kier alpha value is -1.05. The van der Waals surface area contributed by atoms with Gasteiger partial charge in [0, 0.05) is 6.08 Å². The highest BCUT2D eigenvalue weighted by Crippen LogP contribution is 1.99. The molecule has 0 saturated carbocycles. The molecular weight excluding hydrogens is 176 g/mol. The number of carbonyl (C=O) groups excluding carboxylic acids is 1. The fraction of sp³-hybridized carbons (Fsp3) is 0.583. The second kappa shape index (κ2) is 10.0. The smallest absolute Gasteiger partial charge is 0.330 e. The van der Waals surface area contributed by atoms with Crippen LogP contribution in [-0.4, -0.2) is 12.6 Å². The number of hydrogen-bond acceptors (Lipinski definition) is 2. The molecule has 2 heteroatoms. The van der Waals surface area contributed by atoms with Crippen LogP contribution >= 0.6 is 0 Å². The summed E-state index contributed by atoms with van der Waals surface area (Å²) in [5.41, 5.74) is 0. The lowest BCUT2D eigenvalue weighted by atomic mass is 10.2. The molecule has 2 nitrogen and oxygen atoms in total. The number of allylic oxidation sites excluding steroid dienone is 3. The molecule has 0 aliphatic heterocycles. The van der Waals surface area contributed by atoms with E-state index in [2.05, 4.69) is 6.92 Å². The average molecular weight is 196 g/mol. The SMILES string of the molecule is C/C=C/C=C/C(=O)OCCCCCC. The van der Waals surface area contributed by atoms with Crippen LogP contribution in [-0.2, 0) is 9.53 Å². The highest BCUT2D eigenvalue weighted by Gasteiger charge is 1.94. The summed E-state index contributed by atoms with van der Waals surface area (Å²) in [7, 11) is 0. The van der Waals surface area contributed by atoms with E-state index in [-0.39, 0.29) is 5.97 Å². The minimum Gasteiger partial charge on any atom is -0.463 e. The van der Waals surface area contributed by atoms with Gasteiger partial charge in [-0.1, -0.05) is 44.4 Å². The monoisotopic (exact) mass is 196 g/mol. The third kappa shape index (κ3) is 9.04. The number of carbonyl (C=O) groups is 1. The zero-order valence-electron chi connectivity index (χ0n) is 9.16. The van der Waals surface area contributed by atoms with Gasteiger partial charge in [0.15, 0.2) is 0 Å². The van der Waals surface area contributed by atoms with E-state index in [1.165, 1.54) is 18.9 Å². The van der Waals surface area contributed by atoms with E-state index in [0.29, 0.717) is 6.61 Å². The van der Waals surface area contributed by atoms with E-state index in [0.717, 1.165) is 12.8 Å². The number of rotatable bonds is 7. The van der Waals surface area contributed by atoms with Crippen molar-refractivity contribution in [1.82, 2.24) is 0 Å². The lowest BCUT2D eigenvalue weighted by Gasteiger charge is -2.00. The van der Waals surface area contributed by atoms with Gasteiger partial charge in [-0.15, -0.1) is 0 Å². The van der Waals surface area contributed by atoms with E-state index >= 15 is 0 Å². The topological polar surface area (TPSA) is 26.3 Å². The largest absolute Gasteiger partial charge is 0.463 e. The van der Waals surface area contributed by atoms with Crippen LogP contribution in [0, 0.1) is 0 Å². The van der Waals surface area contributed by atoms with E-state index in [4.69, 9.17) is 4.74 Å². The Morgan fingerprint density at radius 2 is 2.00 bits per heavy atom.